The number of amides is 1. The molecule has 1 aliphatic rings. The maximum Gasteiger partial charge on any atom is 0.269 e. The van der Waals surface area contributed by atoms with Gasteiger partial charge in [-0.25, -0.2) is 0 Å². The third-order valence-electron chi connectivity index (χ3n) is 3.73. The third-order valence-corrected chi connectivity index (χ3v) is 3.98. The van der Waals surface area contributed by atoms with Crippen molar-refractivity contribution in [3.8, 4) is 17.2 Å². The van der Waals surface area contributed by atoms with Crippen LogP contribution in [0.3, 0.4) is 0 Å². The normalized spacial score (nSPS) is 16.0. The molecular formula is C16H23N3O5S. The van der Waals surface area contributed by atoms with Crippen LogP contribution in [0.5, 0.6) is 17.2 Å². The SMILES string of the molecule is COc1cc(C(=O)NNC(=S)NC[C@@H]2CCCO2)cc(OC)c1OC. The highest BCUT2D eigenvalue weighted by atomic mass is 32.1. The van der Waals surface area contributed by atoms with Gasteiger partial charge >= 0.3 is 0 Å². The molecule has 0 aliphatic carbocycles. The summed E-state index contributed by atoms with van der Waals surface area (Å²) in [5, 5.41) is 3.32. The number of carbonyl (C=O) groups excluding carboxylic acids is 1. The van der Waals surface area contributed by atoms with Crippen molar-refractivity contribution in [2.24, 2.45) is 0 Å². The van der Waals surface area contributed by atoms with Crippen LogP contribution in [0.4, 0.5) is 0 Å². The van der Waals surface area contributed by atoms with Gasteiger partial charge in [0.2, 0.25) is 5.75 Å². The number of thiocarbonyl (C=S) groups is 1. The molecule has 3 N–H and O–H groups in total. The van der Waals surface area contributed by atoms with Gasteiger partial charge in [0.25, 0.3) is 5.91 Å². The molecule has 2 rings (SSSR count). The fourth-order valence-electron chi connectivity index (χ4n) is 2.45. The van der Waals surface area contributed by atoms with Crippen molar-refractivity contribution >= 4 is 23.2 Å². The molecule has 1 aromatic rings. The molecule has 1 aromatic carbocycles. The quantitative estimate of drug-likeness (QED) is 0.505. The van der Waals surface area contributed by atoms with Gasteiger partial charge < -0.3 is 24.3 Å². The Morgan fingerprint density at radius 3 is 2.40 bits per heavy atom. The molecule has 1 atom stereocenters. The summed E-state index contributed by atoms with van der Waals surface area (Å²) in [5.41, 5.74) is 5.53. The summed E-state index contributed by atoms with van der Waals surface area (Å²) in [6, 6.07) is 3.11. The number of hydrogen-bond acceptors (Lipinski definition) is 6. The van der Waals surface area contributed by atoms with Crippen molar-refractivity contribution in [1.82, 2.24) is 16.2 Å². The lowest BCUT2D eigenvalue weighted by molar-refractivity contribution is 0.0942. The summed E-state index contributed by atoms with van der Waals surface area (Å²) in [4.78, 5) is 12.3. The van der Waals surface area contributed by atoms with Crippen LogP contribution < -0.4 is 30.4 Å². The van der Waals surface area contributed by atoms with Crippen molar-refractivity contribution in [2.75, 3.05) is 34.5 Å². The van der Waals surface area contributed by atoms with Gasteiger partial charge in [0, 0.05) is 18.7 Å². The number of benzene rings is 1. The van der Waals surface area contributed by atoms with Gasteiger partial charge in [0.15, 0.2) is 16.6 Å². The molecule has 25 heavy (non-hydrogen) atoms. The molecule has 0 bridgehead atoms. The van der Waals surface area contributed by atoms with Gasteiger partial charge in [-0.05, 0) is 37.2 Å². The zero-order valence-electron chi connectivity index (χ0n) is 14.5. The van der Waals surface area contributed by atoms with Crippen LogP contribution in [0.1, 0.15) is 23.2 Å². The van der Waals surface area contributed by atoms with E-state index in [4.69, 9.17) is 31.2 Å². The first-order valence-corrected chi connectivity index (χ1v) is 8.25. The average Bonchev–Trinajstić information content (AvgIpc) is 3.16. The highest BCUT2D eigenvalue weighted by Gasteiger charge is 2.18. The number of hydrazine groups is 1. The molecular weight excluding hydrogens is 346 g/mol. The van der Waals surface area contributed by atoms with E-state index >= 15 is 0 Å². The second-order valence-electron chi connectivity index (χ2n) is 5.34. The predicted molar refractivity (Wildman–Crippen MR) is 96.3 cm³/mol. The van der Waals surface area contributed by atoms with E-state index in [1.165, 1.54) is 21.3 Å². The van der Waals surface area contributed by atoms with E-state index in [1.807, 2.05) is 0 Å². The van der Waals surface area contributed by atoms with Crippen LogP contribution in [0.25, 0.3) is 0 Å². The zero-order chi connectivity index (χ0) is 18.2. The molecule has 1 fully saturated rings. The third kappa shape index (κ3) is 5.10. The largest absolute Gasteiger partial charge is 0.493 e. The van der Waals surface area contributed by atoms with Gasteiger partial charge in [-0.15, -0.1) is 0 Å². The van der Waals surface area contributed by atoms with Crippen LogP contribution in [0, 0.1) is 0 Å². The molecule has 0 saturated carbocycles. The second kappa shape index (κ2) is 9.28. The number of hydrogen-bond donors (Lipinski definition) is 3. The zero-order valence-corrected chi connectivity index (χ0v) is 15.3. The van der Waals surface area contributed by atoms with Crippen LogP contribution in [-0.4, -0.2) is 51.6 Å². The fraction of sp³-hybridized carbons (Fsp3) is 0.500. The number of carbonyl (C=O) groups is 1. The Kier molecular flexibility index (Phi) is 7.08. The van der Waals surface area contributed by atoms with E-state index in [0.29, 0.717) is 34.5 Å². The number of rotatable bonds is 6. The van der Waals surface area contributed by atoms with Gasteiger partial charge in [-0.3, -0.25) is 15.6 Å². The molecule has 1 heterocycles. The van der Waals surface area contributed by atoms with Gasteiger partial charge in [0.1, 0.15) is 0 Å². The van der Waals surface area contributed by atoms with Crippen molar-refractivity contribution in [1.29, 1.82) is 0 Å². The second-order valence-corrected chi connectivity index (χ2v) is 5.75. The topological polar surface area (TPSA) is 90.1 Å². The first-order valence-electron chi connectivity index (χ1n) is 7.84. The number of ether oxygens (including phenoxy) is 4. The summed E-state index contributed by atoms with van der Waals surface area (Å²) >= 11 is 5.13. The van der Waals surface area contributed by atoms with E-state index < -0.39 is 0 Å². The highest BCUT2D eigenvalue weighted by molar-refractivity contribution is 7.80. The van der Waals surface area contributed by atoms with Crippen molar-refractivity contribution in [2.45, 2.75) is 18.9 Å². The summed E-state index contributed by atoms with van der Waals surface area (Å²) in [7, 11) is 4.47. The maximum atomic E-state index is 12.3. The Morgan fingerprint density at radius 1 is 1.20 bits per heavy atom. The molecule has 138 valence electrons. The average molecular weight is 369 g/mol. The van der Waals surface area contributed by atoms with Gasteiger partial charge in [-0.2, -0.15) is 0 Å². The first-order chi connectivity index (χ1) is 12.1. The molecule has 0 radical (unpaired) electrons. The Balaban J connectivity index is 1.92. The van der Waals surface area contributed by atoms with E-state index in [2.05, 4.69) is 16.2 Å². The fourth-order valence-corrected chi connectivity index (χ4v) is 2.59. The van der Waals surface area contributed by atoms with E-state index in [9.17, 15) is 4.79 Å². The number of methoxy groups -OCH3 is 3. The Labute approximate surface area is 152 Å². The lowest BCUT2D eigenvalue weighted by Gasteiger charge is -2.16. The lowest BCUT2D eigenvalue weighted by Crippen LogP contribution is -2.48. The van der Waals surface area contributed by atoms with Crippen molar-refractivity contribution in [3.05, 3.63) is 17.7 Å². The maximum absolute atomic E-state index is 12.3. The molecule has 0 aromatic heterocycles. The lowest BCUT2D eigenvalue weighted by atomic mass is 10.1. The van der Waals surface area contributed by atoms with Gasteiger partial charge in [-0.1, -0.05) is 0 Å². The molecule has 0 spiro atoms. The standard InChI is InChI=1S/C16H23N3O5S/c1-21-12-7-10(8-13(22-2)14(12)23-3)15(20)18-19-16(25)17-9-11-5-4-6-24-11/h7-8,11H,4-6,9H2,1-3H3,(H,18,20)(H2,17,19,25)/t11-/m0/s1. The van der Waals surface area contributed by atoms with Crippen LogP contribution in [0.15, 0.2) is 12.1 Å². The molecule has 8 nitrogen and oxygen atoms in total. The number of nitrogens with one attached hydrogen (secondary N) is 3. The first kappa shape index (κ1) is 19.1. The van der Waals surface area contributed by atoms with E-state index in [1.54, 1.807) is 12.1 Å². The van der Waals surface area contributed by atoms with Crippen LogP contribution in [0.2, 0.25) is 0 Å². The van der Waals surface area contributed by atoms with Crippen molar-refractivity contribution < 1.29 is 23.7 Å². The Bertz CT molecular complexity index is 595. The molecule has 1 aliphatic heterocycles. The summed E-state index contributed by atoms with van der Waals surface area (Å²) in [6.07, 6.45) is 2.23. The monoisotopic (exact) mass is 369 g/mol. The van der Waals surface area contributed by atoms with E-state index in [0.717, 1.165) is 19.4 Å². The Hall–Kier alpha value is -2.26. The van der Waals surface area contributed by atoms with Gasteiger partial charge in [0.05, 0.1) is 27.4 Å². The molecule has 1 amide bonds. The highest BCUT2D eigenvalue weighted by Crippen LogP contribution is 2.38. The van der Waals surface area contributed by atoms with E-state index in [-0.39, 0.29) is 12.0 Å². The molecule has 0 unspecified atom stereocenters. The van der Waals surface area contributed by atoms with Crippen molar-refractivity contribution in [3.63, 3.8) is 0 Å². The molecule has 9 heteroatoms. The predicted octanol–water partition coefficient (Wildman–Crippen LogP) is 1.00. The smallest absolute Gasteiger partial charge is 0.269 e. The summed E-state index contributed by atoms with van der Waals surface area (Å²) in [6.45, 7) is 1.39. The minimum atomic E-state index is -0.388. The summed E-state index contributed by atoms with van der Waals surface area (Å²) in [5.74, 6) is 0.820. The minimum absolute atomic E-state index is 0.158. The molecule has 1 saturated heterocycles. The van der Waals surface area contributed by atoms with Crippen LogP contribution in [-0.2, 0) is 4.74 Å². The summed E-state index contributed by atoms with van der Waals surface area (Å²) < 4.78 is 21.2. The Morgan fingerprint density at radius 2 is 1.88 bits per heavy atom. The van der Waals surface area contributed by atoms with Crippen LogP contribution >= 0.6 is 12.2 Å². The minimum Gasteiger partial charge on any atom is -0.493 e.